The first kappa shape index (κ1) is 12.7. The third-order valence-corrected chi connectivity index (χ3v) is 4.01. The van der Waals surface area contributed by atoms with E-state index in [4.69, 9.17) is 0 Å². The van der Waals surface area contributed by atoms with Crippen molar-refractivity contribution in [2.45, 2.75) is 34.1 Å². The van der Waals surface area contributed by atoms with Crippen LogP contribution in [0.2, 0.25) is 0 Å². The van der Waals surface area contributed by atoms with Crippen LogP contribution >= 0.6 is 15.9 Å². The first-order valence-corrected chi connectivity index (χ1v) is 6.02. The topological polar surface area (TPSA) is 20.2 Å². The van der Waals surface area contributed by atoms with Crippen molar-refractivity contribution < 1.29 is 5.11 Å². The van der Waals surface area contributed by atoms with E-state index >= 15 is 0 Å². The van der Waals surface area contributed by atoms with Crippen LogP contribution in [0.3, 0.4) is 0 Å². The molecule has 0 aliphatic carbocycles. The third-order valence-electron chi connectivity index (χ3n) is 2.79. The second-order valence-electron chi connectivity index (χ2n) is 4.98. The molecule has 2 heteroatoms. The third kappa shape index (κ3) is 3.05. The zero-order chi connectivity index (χ0) is 11.6. The van der Waals surface area contributed by atoms with E-state index in [1.165, 1.54) is 21.2 Å². The summed E-state index contributed by atoms with van der Waals surface area (Å²) in [6.45, 7) is 8.61. The lowest BCUT2D eigenvalue weighted by Crippen LogP contribution is -2.20. The van der Waals surface area contributed by atoms with Crippen LogP contribution in [0.4, 0.5) is 0 Å². The van der Waals surface area contributed by atoms with Crippen molar-refractivity contribution in [3.63, 3.8) is 0 Å². The highest BCUT2D eigenvalue weighted by atomic mass is 79.9. The fourth-order valence-corrected chi connectivity index (χ4v) is 2.01. The van der Waals surface area contributed by atoms with Gasteiger partial charge in [0.25, 0.3) is 0 Å². The molecule has 0 saturated heterocycles. The van der Waals surface area contributed by atoms with Crippen molar-refractivity contribution in [1.29, 1.82) is 0 Å². The van der Waals surface area contributed by atoms with E-state index in [9.17, 15) is 5.11 Å². The highest BCUT2D eigenvalue weighted by Gasteiger charge is 2.19. The Morgan fingerprint density at radius 2 is 1.87 bits per heavy atom. The van der Waals surface area contributed by atoms with Crippen LogP contribution in [0.5, 0.6) is 0 Å². The van der Waals surface area contributed by atoms with E-state index in [1.807, 2.05) is 0 Å². The molecule has 1 nitrogen and oxygen atoms in total. The number of halogens is 1. The van der Waals surface area contributed by atoms with Gasteiger partial charge in [-0.15, -0.1) is 0 Å². The number of hydrogen-bond acceptors (Lipinski definition) is 1. The minimum Gasteiger partial charge on any atom is -0.396 e. The Kier molecular flexibility index (Phi) is 3.96. The zero-order valence-electron chi connectivity index (χ0n) is 9.89. The number of aliphatic hydroxyl groups excluding tert-OH is 1. The Balaban J connectivity index is 3.02. The van der Waals surface area contributed by atoms with Gasteiger partial charge in [0.1, 0.15) is 0 Å². The Hall–Kier alpha value is -0.340. The van der Waals surface area contributed by atoms with Crippen LogP contribution in [0.15, 0.2) is 16.6 Å². The summed E-state index contributed by atoms with van der Waals surface area (Å²) in [4.78, 5) is 0. The fraction of sp³-hybridized carbons (Fsp3) is 0.538. The molecule has 84 valence electrons. The highest BCUT2D eigenvalue weighted by Crippen LogP contribution is 2.28. The van der Waals surface area contributed by atoms with Gasteiger partial charge in [-0.25, -0.2) is 0 Å². The molecule has 0 atom stereocenters. The van der Waals surface area contributed by atoms with Gasteiger partial charge in [0.05, 0.1) is 0 Å². The van der Waals surface area contributed by atoms with Crippen LogP contribution in [0.25, 0.3) is 0 Å². The van der Waals surface area contributed by atoms with Gasteiger partial charge in [-0.3, -0.25) is 0 Å². The summed E-state index contributed by atoms with van der Waals surface area (Å²) in [7, 11) is 0. The summed E-state index contributed by atoms with van der Waals surface area (Å²) < 4.78 is 1.19. The van der Waals surface area contributed by atoms with Gasteiger partial charge < -0.3 is 5.11 Å². The molecule has 0 fully saturated rings. The van der Waals surface area contributed by atoms with Gasteiger partial charge in [-0.1, -0.05) is 41.9 Å². The van der Waals surface area contributed by atoms with Gasteiger partial charge in [-0.05, 0) is 42.4 Å². The molecule has 1 aromatic rings. The number of rotatable bonds is 3. The largest absolute Gasteiger partial charge is 0.396 e. The molecular weight excluding hydrogens is 252 g/mol. The lowest BCUT2D eigenvalue weighted by atomic mass is 9.85. The average Bonchev–Trinajstić information content (AvgIpc) is 2.19. The predicted molar refractivity (Wildman–Crippen MR) is 68.2 cm³/mol. The molecule has 0 radical (unpaired) electrons. The Morgan fingerprint density at radius 1 is 1.27 bits per heavy atom. The number of hydrogen-bond donors (Lipinski definition) is 1. The summed E-state index contributed by atoms with van der Waals surface area (Å²) in [6, 6.07) is 4.28. The van der Waals surface area contributed by atoms with E-state index in [2.05, 4.69) is 55.8 Å². The maximum absolute atomic E-state index is 9.26. The maximum atomic E-state index is 9.26. The molecule has 0 bridgehead atoms. The monoisotopic (exact) mass is 270 g/mol. The van der Waals surface area contributed by atoms with E-state index in [-0.39, 0.29) is 12.0 Å². The molecule has 0 spiro atoms. The molecule has 0 amide bonds. The zero-order valence-corrected chi connectivity index (χ0v) is 11.5. The van der Waals surface area contributed by atoms with Gasteiger partial charge >= 0.3 is 0 Å². The maximum Gasteiger partial charge on any atom is 0.0485 e. The number of benzene rings is 1. The quantitative estimate of drug-likeness (QED) is 0.890. The van der Waals surface area contributed by atoms with Crippen molar-refractivity contribution in [2.75, 3.05) is 6.61 Å². The molecule has 1 rings (SSSR count). The standard InChI is InChI=1S/C13H19BrO/c1-9-5-6-11(10(2)12(9)14)7-13(3,4)8-15/h5-6,15H,7-8H2,1-4H3. The average molecular weight is 271 g/mol. The second kappa shape index (κ2) is 4.67. The van der Waals surface area contributed by atoms with Crippen LogP contribution in [-0.4, -0.2) is 11.7 Å². The fourth-order valence-electron chi connectivity index (χ4n) is 1.62. The van der Waals surface area contributed by atoms with Crippen molar-refractivity contribution in [1.82, 2.24) is 0 Å². The first-order chi connectivity index (χ1) is 6.87. The molecule has 0 unspecified atom stereocenters. The van der Waals surface area contributed by atoms with E-state index in [0.717, 1.165) is 6.42 Å². The van der Waals surface area contributed by atoms with Gasteiger partial charge in [0.2, 0.25) is 0 Å². The van der Waals surface area contributed by atoms with E-state index in [1.54, 1.807) is 0 Å². The van der Waals surface area contributed by atoms with E-state index in [0.29, 0.717) is 0 Å². The minimum atomic E-state index is -0.0422. The molecule has 0 aromatic heterocycles. The van der Waals surface area contributed by atoms with Crippen molar-refractivity contribution in [2.24, 2.45) is 5.41 Å². The molecule has 0 saturated carbocycles. The normalized spacial score (nSPS) is 11.9. The van der Waals surface area contributed by atoms with Gasteiger partial charge in [0.15, 0.2) is 0 Å². The second-order valence-corrected chi connectivity index (χ2v) is 5.77. The lowest BCUT2D eigenvalue weighted by Gasteiger charge is -2.23. The van der Waals surface area contributed by atoms with Crippen LogP contribution in [-0.2, 0) is 6.42 Å². The summed E-state index contributed by atoms with van der Waals surface area (Å²) in [5, 5.41) is 9.26. The minimum absolute atomic E-state index is 0.0422. The van der Waals surface area contributed by atoms with Crippen molar-refractivity contribution in [3.8, 4) is 0 Å². The summed E-state index contributed by atoms with van der Waals surface area (Å²) in [6.07, 6.45) is 0.911. The van der Waals surface area contributed by atoms with Crippen LogP contribution in [0, 0.1) is 19.3 Å². The van der Waals surface area contributed by atoms with Crippen molar-refractivity contribution >= 4 is 15.9 Å². The predicted octanol–water partition coefficient (Wildman–Crippen LogP) is 3.63. The highest BCUT2D eigenvalue weighted by molar-refractivity contribution is 9.10. The Labute approximate surface area is 101 Å². The Bertz CT molecular complexity index is 356. The van der Waals surface area contributed by atoms with E-state index < -0.39 is 0 Å². The summed E-state index contributed by atoms with van der Waals surface area (Å²) in [5.74, 6) is 0. The molecule has 0 aliphatic heterocycles. The molecule has 0 aliphatic rings. The van der Waals surface area contributed by atoms with Crippen LogP contribution < -0.4 is 0 Å². The lowest BCUT2D eigenvalue weighted by molar-refractivity contribution is 0.159. The number of aliphatic hydroxyl groups is 1. The van der Waals surface area contributed by atoms with Gasteiger partial charge in [-0.2, -0.15) is 0 Å². The van der Waals surface area contributed by atoms with Crippen LogP contribution in [0.1, 0.15) is 30.5 Å². The summed E-state index contributed by atoms with van der Waals surface area (Å²) >= 11 is 3.60. The molecule has 1 N–H and O–H groups in total. The molecular formula is C13H19BrO. The molecule has 1 aromatic carbocycles. The molecule has 15 heavy (non-hydrogen) atoms. The molecule has 0 heterocycles. The van der Waals surface area contributed by atoms with Gasteiger partial charge in [0, 0.05) is 11.1 Å². The smallest absolute Gasteiger partial charge is 0.0485 e. The SMILES string of the molecule is Cc1ccc(CC(C)(C)CO)c(C)c1Br. The Morgan fingerprint density at radius 3 is 2.40 bits per heavy atom. The summed E-state index contributed by atoms with van der Waals surface area (Å²) in [5.41, 5.74) is 3.82. The first-order valence-electron chi connectivity index (χ1n) is 5.23. The number of aryl methyl sites for hydroxylation is 1. The van der Waals surface area contributed by atoms with Crippen molar-refractivity contribution in [3.05, 3.63) is 33.3 Å².